The van der Waals surface area contributed by atoms with Crippen molar-refractivity contribution in [3.63, 3.8) is 0 Å². The lowest BCUT2D eigenvalue weighted by atomic mass is 10.1. The van der Waals surface area contributed by atoms with Crippen LogP contribution in [0.4, 0.5) is 0 Å². The van der Waals surface area contributed by atoms with E-state index in [0.717, 1.165) is 38.9 Å². The van der Waals surface area contributed by atoms with Gasteiger partial charge in [0.15, 0.2) is 0 Å². The third-order valence-electron chi connectivity index (χ3n) is 5.92. The van der Waals surface area contributed by atoms with Gasteiger partial charge in [-0.1, -0.05) is 18.2 Å². The van der Waals surface area contributed by atoms with E-state index in [9.17, 15) is 9.59 Å². The van der Waals surface area contributed by atoms with Crippen molar-refractivity contribution < 1.29 is 14.3 Å². The largest absolute Gasteiger partial charge is 0.376 e. The normalized spacial score (nSPS) is 21.0. The number of nitrogens with zero attached hydrogens (tertiary/aromatic N) is 3. The van der Waals surface area contributed by atoms with Crippen molar-refractivity contribution in [1.82, 2.24) is 19.7 Å². The third kappa shape index (κ3) is 4.13. The molecule has 162 valence electrons. The molecular formula is C23H26N4O4. The number of fused-ring (bicyclic) bond motifs is 1. The van der Waals surface area contributed by atoms with Crippen LogP contribution in [0.3, 0.4) is 0 Å². The Hall–Kier alpha value is -2.97. The van der Waals surface area contributed by atoms with Crippen LogP contribution >= 0.6 is 0 Å². The monoisotopic (exact) mass is 422 g/mol. The predicted octanol–water partition coefficient (Wildman–Crippen LogP) is 2.23. The van der Waals surface area contributed by atoms with E-state index in [0.29, 0.717) is 35.6 Å². The molecule has 1 aromatic carbocycles. The Labute approximate surface area is 180 Å². The van der Waals surface area contributed by atoms with Gasteiger partial charge in [-0.25, -0.2) is 0 Å². The van der Waals surface area contributed by atoms with Gasteiger partial charge in [0, 0.05) is 38.7 Å². The Kier molecular flexibility index (Phi) is 5.57. The van der Waals surface area contributed by atoms with E-state index in [2.05, 4.69) is 10.4 Å². The standard InChI is InChI=1S/C23H26N4O4/c28-22(24-12-17-8-4-10-30-17)19-14-26(13-18-9-5-11-31-18)15-20-21(19)25-27(23(20)29)16-6-2-1-3-7-16/h1-3,6-7,14-15,17-18H,4-5,8-13H2,(H,24,28). The Morgan fingerprint density at radius 1 is 1.06 bits per heavy atom. The van der Waals surface area contributed by atoms with Gasteiger partial charge < -0.3 is 19.4 Å². The van der Waals surface area contributed by atoms with E-state index in [1.165, 1.54) is 4.68 Å². The van der Waals surface area contributed by atoms with Crippen LogP contribution in [0.25, 0.3) is 16.9 Å². The minimum absolute atomic E-state index is 0.0408. The first kappa shape index (κ1) is 20.0. The molecule has 2 saturated heterocycles. The van der Waals surface area contributed by atoms with Crippen LogP contribution in [0, 0.1) is 0 Å². The molecule has 1 N–H and O–H groups in total. The van der Waals surface area contributed by atoms with Crippen molar-refractivity contribution >= 4 is 5.91 Å². The number of nitrogens with one attached hydrogen (secondary N) is 1. The summed E-state index contributed by atoms with van der Waals surface area (Å²) in [5.41, 5.74) is 1.64. The summed E-state index contributed by atoms with van der Waals surface area (Å²) in [6.07, 6.45) is 7.64. The molecular weight excluding hydrogens is 396 g/mol. The Morgan fingerprint density at radius 3 is 2.52 bits per heavy atom. The van der Waals surface area contributed by atoms with E-state index in [-0.39, 0.29) is 23.7 Å². The number of hydrogen-bond donors (Lipinski definition) is 1. The summed E-state index contributed by atoms with van der Waals surface area (Å²) >= 11 is 0. The molecule has 1 amide bonds. The highest BCUT2D eigenvalue weighted by Gasteiger charge is 2.26. The average molecular weight is 422 g/mol. The van der Waals surface area contributed by atoms with Crippen LogP contribution in [-0.2, 0) is 16.0 Å². The van der Waals surface area contributed by atoms with Crippen molar-refractivity contribution in [3.8, 4) is 16.9 Å². The van der Waals surface area contributed by atoms with Crippen LogP contribution < -0.4 is 10.9 Å². The Balaban J connectivity index is 1.52. The van der Waals surface area contributed by atoms with Crippen LogP contribution in [0.2, 0.25) is 0 Å². The van der Waals surface area contributed by atoms with E-state index in [4.69, 9.17) is 9.47 Å². The SMILES string of the molecule is O=C(NCC1CCCO1)c1cn(CC2CCCO2)cc2c(=O)n(-c3ccccc3)nc1-2. The molecule has 0 aliphatic carbocycles. The van der Waals surface area contributed by atoms with Gasteiger partial charge in [-0.2, -0.15) is 9.78 Å². The van der Waals surface area contributed by atoms with Crippen LogP contribution in [0.15, 0.2) is 47.5 Å². The van der Waals surface area contributed by atoms with Gasteiger partial charge in [-0.05, 0) is 37.8 Å². The molecule has 2 atom stereocenters. The molecule has 2 fully saturated rings. The number of aromatic nitrogens is 3. The summed E-state index contributed by atoms with van der Waals surface area (Å²) in [4.78, 5) is 26.3. The van der Waals surface area contributed by atoms with Gasteiger partial charge in [0.2, 0.25) is 0 Å². The van der Waals surface area contributed by atoms with Gasteiger partial charge in [-0.15, -0.1) is 0 Å². The number of benzene rings is 1. The summed E-state index contributed by atoms with van der Waals surface area (Å²) in [5.74, 6) is -0.250. The highest BCUT2D eigenvalue weighted by molar-refractivity contribution is 5.99. The molecule has 0 aromatic heterocycles. The maximum Gasteiger partial charge on any atom is 0.282 e. The number of carbonyl (C=O) groups is 1. The number of pyridine rings is 1. The molecule has 8 heteroatoms. The topological polar surface area (TPSA) is 87.4 Å². The lowest BCUT2D eigenvalue weighted by Gasteiger charge is -2.16. The van der Waals surface area contributed by atoms with E-state index in [1.54, 1.807) is 12.4 Å². The fourth-order valence-corrected chi connectivity index (χ4v) is 4.31. The quantitative estimate of drug-likeness (QED) is 0.658. The molecule has 4 heterocycles. The van der Waals surface area contributed by atoms with E-state index < -0.39 is 0 Å². The minimum Gasteiger partial charge on any atom is -0.376 e. The lowest BCUT2D eigenvalue weighted by molar-refractivity contribution is 0.0854. The fourth-order valence-electron chi connectivity index (χ4n) is 4.31. The second kappa shape index (κ2) is 8.64. The Bertz CT molecular complexity index is 1080. The lowest BCUT2D eigenvalue weighted by Crippen LogP contribution is -2.32. The maximum atomic E-state index is 13.2. The fraction of sp³-hybridized carbons (Fsp3) is 0.435. The second-order valence-electron chi connectivity index (χ2n) is 8.16. The van der Waals surface area contributed by atoms with Gasteiger partial charge in [0.1, 0.15) is 5.69 Å². The molecule has 2 unspecified atom stereocenters. The highest BCUT2D eigenvalue weighted by atomic mass is 16.5. The first-order chi connectivity index (χ1) is 15.2. The van der Waals surface area contributed by atoms with E-state index in [1.807, 2.05) is 34.9 Å². The number of hydrogen-bond acceptors (Lipinski definition) is 5. The zero-order valence-corrected chi connectivity index (χ0v) is 17.3. The molecule has 1 aromatic rings. The molecule has 31 heavy (non-hydrogen) atoms. The summed E-state index contributed by atoms with van der Waals surface area (Å²) in [7, 11) is 0. The van der Waals surface area contributed by atoms with Gasteiger partial charge in [-0.3, -0.25) is 9.59 Å². The molecule has 5 rings (SSSR count). The molecule has 0 saturated carbocycles. The first-order valence-corrected chi connectivity index (χ1v) is 10.9. The van der Waals surface area contributed by atoms with Crippen LogP contribution in [-0.4, -0.2) is 52.2 Å². The molecule has 0 spiro atoms. The van der Waals surface area contributed by atoms with Gasteiger partial charge in [0.05, 0.1) is 29.0 Å². The zero-order chi connectivity index (χ0) is 21.2. The van der Waals surface area contributed by atoms with Gasteiger partial charge >= 0.3 is 0 Å². The van der Waals surface area contributed by atoms with Crippen LogP contribution in [0.5, 0.6) is 0 Å². The average Bonchev–Trinajstić information content (AvgIpc) is 3.55. The van der Waals surface area contributed by atoms with Crippen molar-refractivity contribution in [3.05, 3.63) is 58.6 Å². The smallest absolute Gasteiger partial charge is 0.282 e. The predicted molar refractivity (Wildman–Crippen MR) is 115 cm³/mol. The molecule has 4 aliphatic rings. The highest BCUT2D eigenvalue weighted by Crippen LogP contribution is 2.24. The van der Waals surface area contributed by atoms with Crippen molar-refractivity contribution in [1.29, 1.82) is 0 Å². The molecule has 0 bridgehead atoms. The molecule has 8 nitrogen and oxygen atoms in total. The first-order valence-electron chi connectivity index (χ1n) is 10.9. The molecule has 4 aliphatic heterocycles. The van der Waals surface area contributed by atoms with E-state index >= 15 is 0 Å². The second-order valence-corrected chi connectivity index (χ2v) is 8.16. The zero-order valence-electron chi connectivity index (χ0n) is 17.3. The van der Waals surface area contributed by atoms with Crippen molar-refractivity contribution in [2.75, 3.05) is 19.8 Å². The Morgan fingerprint density at radius 2 is 1.81 bits per heavy atom. The summed E-state index contributed by atoms with van der Waals surface area (Å²) in [5, 5.41) is 7.49. The summed E-state index contributed by atoms with van der Waals surface area (Å²) in [6, 6.07) is 9.24. The number of para-hydroxylation sites is 1. The van der Waals surface area contributed by atoms with Crippen LogP contribution in [0.1, 0.15) is 36.0 Å². The third-order valence-corrected chi connectivity index (χ3v) is 5.92. The summed E-state index contributed by atoms with van der Waals surface area (Å²) in [6.45, 7) is 2.53. The number of amides is 1. The molecule has 0 radical (unpaired) electrons. The summed E-state index contributed by atoms with van der Waals surface area (Å²) < 4.78 is 14.6. The number of carbonyl (C=O) groups excluding carboxylic acids is 1. The van der Waals surface area contributed by atoms with Gasteiger partial charge in [0.25, 0.3) is 11.5 Å². The number of rotatable bonds is 6. The van der Waals surface area contributed by atoms with Crippen molar-refractivity contribution in [2.24, 2.45) is 0 Å². The minimum atomic E-state index is -0.250. The van der Waals surface area contributed by atoms with Crippen molar-refractivity contribution in [2.45, 2.75) is 44.4 Å². The maximum absolute atomic E-state index is 13.2. The number of ether oxygens (including phenoxy) is 2.